The van der Waals surface area contributed by atoms with Crippen LogP contribution in [0.4, 0.5) is 0 Å². The average molecular weight is 255 g/mol. The van der Waals surface area contributed by atoms with Gasteiger partial charge in [-0.2, -0.15) is 5.10 Å². The molecular formula is C12H19ClN4. The van der Waals surface area contributed by atoms with Crippen LogP contribution in [0.15, 0.2) is 0 Å². The Hall–Kier alpha value is -1.03. The number of hydrogen-bond donors (Lipinski definition) is 0. The van der Waals surface area contributed by atoms with Gasteiger partial charge in [-0.1, -0.05) is 20.8 Å². The fourth-order valence-corrected chi connectivity index (χ4v) is 2.33. The zero-order valence-electron chi connectivity index (χ0n) is 11.1. The van der Waals surface area contributed by atoms with Crippen LogP contribution in [0.25, 0.3) is 11.2 Å². The number of imidazole rings is 1. The lowest BCUT2D eigenvalue weighted by atomic mass is 9.97. The Morgan fingerprint density at radius 3 is 2.47 bits per heavy atom. The van der Waals surface area contributed by atoms with E-state index in [1.807, 2.05) is 18.7 Å². The number of rotatable bonds is 2. The van der Waals surface area contributed by atoms with Gasteiger partial charge in [-0.15, -0.1) is 11.6 Å². The van der Waals surface area contributed by atoms with Crippen molar-refractivity contribution >= 4 is 22.8 Å². The second-order valence-corrected chi connectivity index (χ2v) is 5.96. The van der Waals surface area contributed by atoms with Crippen LogP contribution in [0.2, 0.25) is 0 Å². The molecule has 0 unspecified atom stereocenters. The molecule has 2 aromatic heterocycles. The minimum absolute atomic E-state index is 0.187. The van der Waals surface area contributed by atoms with Gasteiger partial charge in [0.1, 0.15) is 11.3 Å². The molecule has 0 spiro atoms. The molecule has 0 aliphatic carbocycles. The highest BCUT2D eigenvalue weighted by molar-refractivity contribution is 6.16. The smallest absolute Gasteiger partial charge is 0.158 e. The summed E-state index contributed by atoms with van der Waals surface area (Å²) in [6.07, 6.45) is 0. The van der Waals surface area contributed by atoms with E-state index in [4.69, 9.17) is 11.6 Å². The van der Waals surface area contributed by atoms with Crippen LogP contribution in [0.5, 0.6) is 0 Å². The molecule has 0 atom stereocenters. The summed E-state index contributed by atoms with van der Waals surface area (Å²) in [4.78, 5) is 4.58. The predicted octanol–water partition coefficient (Wildman–Crippen LogP) is 2.86. The van der Waals surface area contributed by atoms with Crippen molar-refractivity contribution in [2.24, 2.45) is 12.5 Å². The van der Waals surface area contributed by atoms with Crippen molar-refractivity contribution in [1.29, 1.82) is 0 Å². The highest BCUT2D eigenvalue weighted by atomic mass is 35.5. The molecule has 0 amide bonds. The number of nitrogens with zero attached hydrogens (tertiary/aromatic N) is 4. The van der Waals surface area contributed by atoms with Crippen molar-refractivity contribution in [3.8, 4) is 0 Å². The number of alkyl halides is 1. The van der Waals surface area contributed by atoms with E-state index >= 15 is 0 Å². The maximum Gasteiger partial charge on any atom is 0.158 e. The summed E-state index contributed by atoms with van der Waals surface area (Å²) in [6.45, 7) is 9.50. The van der Waals surface area contributed by atoms with Gasteiger partial charge in [-0.05, 0) is 12.3 Å². The Balaban J connectivity index is 2.65. The van der Waals surface area contributed by atoms with Gasteiger partial charge in [0.2, 0.25) is 0 Å². The van der Waals surface area contributed by atoms with Gasteiger partial charge in [0.05, 0.1) is 11.6 Å². The molecule has 5 heteroatoms. The molecule has 2 heterocycles. The Bertz CT molecular complexity index is 545. The monoisotopic (exact) mass is 254 g/mol. The minimum Gasteiger partial charge on any atom is -0.311 e. The van der Waals surface area contributed by atoms with Crippen LogP contribution in [0.1, 0.15) is 32.3 Å². The molecule has 0 radical (unpaired) electrons. The van der Waals surface area contributed by atoms with Gasteiger partial charge in [0.25, 0.3) is 0 Å². The zero-order chi connectivity index (χ0) is 12.8. The number of aromatic nitrogens is 4. The largest absolute Gasteiger partial charge is 0.311 e. The van der Waals surface area contributed by atoms with Crippen molar-refractivity contribution in [2.75, 3.05) is 0 Å². The van der Waals surface area contributed by atoms with Crippen LogP contribution in [-0.2, 0) is 19.5 Å². The Morgan fingerprint density at radius 1 is 1.29 bits per heavy atom. The SMILES string of the molecule is Cc1nn(C)c2c1nc(CCl)n2CC(C)(C)C. The van der Waals surface area contributed by atoms with Crippen molar-refractivity contribution in [1.82, 2.24) is 19.3 Å². The first-order chi connectivity index (χ1) is 7.83. The van der Waals surface area contributed by atoms with E-state index in [9.17, 15) is 0 Å². The Labute approximate surface area is 107 Å². The van der Waals surface area contributed by atoms with Crippen LogP contribution in [-0.4, -0.2) is 19.3 Å². The number of halogens is 1. The number of aryl methyl sites for hydroxylation is 2. The van der Waals surface area contributed by atoms with Gasteiger partial charge in [-0.3, -0.25) is 4.68 Å². The third-order valence-corrected chi connectivity index (χ3v) is 2.96. The lowest BCUT2D eigenvalue weighted by Crippen LogP contribution is -2.18. The van der Waals surface area contributed by atoms with Gasteiger partial charge >= 0.3 is 0 Å². The highest BCUT2D eigenvalue weighted by Crippen LogP contribution is 2.25. The third-order valence-electron chi connectivity index (χ3n) is 2.72. The quantitative estimate of drug-likeness (QED) is 0.773. The summed E-state index contributed by atoms with van der Waals surface area (Å²) >= 11 is 5.98. The normalized spacial score (nSPS) is 12.6. The maximum atomic E-state index is 5.98. The standard InChI is InChI=1S/C12H19ClN4/c1-8-10-11(16(5)15-8)17(7-12(2,3)4)9(6-13)14-10/h6-7H2,1-5H3. The minimum atomic E-state index is 0.187. The molecule has 4 nitrogen and oxygen atoms in total. The number of fused-ring (bicyclic) bond motifs is 1. The first-order valence-corrected chi connectivity index (χ1v) is 6.31. The molecule has 2 aromatic rings. The average Bonchev–Trinajstić information content (AvgIpc) is 2.65. The van der Waals surface area contributed by atoms with Crippen LogP contribution < -0.4 is 0 Å². The van der Waals surface area contributed by atoms with Crippen molar-refractivity contribution in [3.63, 3.8) is 0 Å². The maximum absolute atomic E-state index is 5.98. The van der Waals surface area contributed by atoms with Crippen LogP contribution in [0, 0.1) is 12.3 Å². The second-order valence-electron chi connectivity index (χ2n) is 5.69. The second kappa shape index (κ2) is 4.02. The van der Waals surface area contributed by atoms with E-state index in [1.54, 1.807) is 0 Å². The topological polar surface area (TPSA) is 35.6 Å². The fourth-order valence-electron chi connectivity index (χ4n) is 2.12. The van der Waals surface area contributed by atoms with Gasteiger partial charge in [-0.25, -0.2) is 4.98 Å². The highest BCUT2D eigenvalue weighted by Gasteiger charge is 2.20. The number of hydrogen-bond acceptors (Lipinski definition) is 2. The molecule has 2 rings (SSSR count). The van der Waals surface area contributed by atoms with E-state index in [2.05, 4.69) is 35.4 Å². The lowest BCUT2D eigenvalue weighted by molar-refractivity contribution is 0.342. The van der Waals surface area contributed by atoms with Crippen LogP contribution >= 0.6 is 11.6 Å². The fraction of sp³-hybridized carbons (Fsp3) is 0.667. The zero-order valence-corrected chi connectivity index (χ0v) is 11.8. The van der Waals surface area contributed by atoms with Gasteiger partial charge < -0.3 is 4.57 Å². The molecule has 0 saturated carbocycles. The summed E-state index contributed by atoms with van der Waals surface area (Å²) in [6, 6.07) is 0. The molecule has 0 aliphatic rings. The molecule has 0 bridgehead atoms. The first kappa shape index (κ1) is 12.4. The van der Waals surface area contributed by atoms with Crippen molar-refractivity contribution < 1.29 is 0 Å². The molecular weight excluding hydrogens is 236 g/mol. The van der Waals surface area contributed by atoms with E-state index in [1.165, 1.54) is 0 Å². The first-order valence-electron chi connectivity index (χ1n) is 5.78. The summed E-state index contributed by atoms with van der Waals surface area (Å²) in [5.41, 5.74) is 3.18. The molecule has 0 aliphatic heterocycles. The molecule has 0 aromatic carbocycles. The van der Waals surface area contributed by atoms with Gasteiger partial charge in [0, 0.05) is 13.6 Å². The Morgan fingerprint density at radius 2 is 1.94 bits per heavy atom. The lowest BCUT2D eigenvalue weighted by Gasteiger charge is -2.20. The molecule has 0 fully saturated rings. The van der Waals surface area contributed by atoms with Gasteiger partial charge in [0.15, 0.2) is 5.65 Å². The van der Waals surface area contributed by atoms with Crippen molar-refractivity contribution in [3.05, 3.63) is 11.5 Å². The summed E-state index contributed by atoms with van der Waals surface area (Å²) in [7, 11) is 1.95. The summed E-state index contributed by atoms with van der Waals surface area (Å²) in [5, 5.41) is 4.41. The third kappa shape index (κ3) is 2.18. The molecule has 94 valence electrons. The van der Waals surface area contributed by atoms with E-state index in [0.717, 1.165) is 29.2 Å². The molecule has 0 N–H and O–H groups in total. The van der Waals surface area contributed by atoms with E-state index < -0.39 is 0 Å². The predicted molar refractivity (Wildman–Crippen MR) is 70.2 cm³/mol. The van der Waals surface area contributed by atoms with Crippen LogP contribution in [0.3, 0.4) is 0 Å². The van der Waals surface area contributed by atoms with E-state index in [-0.39, 0.29) is 5.41 Å². The summed E-state index contributed by atoms with van der Waals surface area (Å²) < 4.78 is 4.07. The molecule has 0 saturated heterocycles. The van der Waals surface area contributed by atoms with E-state index in [0.29, 0.717) is 5.88 Å². The summed E-state index contributed by atoms with van der Waals surface area (Å²) in [5.74, 6) is 1.36. The Kier molecular flexibility index (Phi) is 2.94. The molecule has 17 heavy (non-hydrogen) atoms. The van der Waals surface area contributed by atoms with Crippen molar-refractivity contribution in [2.45, 2.75) is 40.1 Å².